The molecule has 0 aliphatic carbocycles. The number of nitrogens with two attached hydrogens (primary N) is 1. The Morgan fingerprint density at radius 1 is 0.538 bits per heavy atom. The molecule has 7 N–H and O–H groups in total. The van der Waals surface area contributed by atoms with Gasteiger partial charge in [-0.2, -0.15) is 0 Å². The highest BCUT2D eigenvalue weighted by atomic mass is 16.7. The van der Waals surface area contributed by atoms with Crippen molar-refractivity contribution in [2.45, 2.75) is 213 Å². The van der Waals surface area contributed by atoms with E-state index in [0.29, 0.717) is 17.9 Å². The molecule has 3 heterocycles. The van der Waals surface area contributed by atoms with E-state index in [9.17, 15) is 71.9 Å². The molecule has 3 aliphatic heterocycles. The smallest absolute Gasteiger partial charge is 0.333 e. The molecule has 91 heavy (non-hydrogen) atoms. The Hall–Kier alpha value is -7.95. The lowest BCUT2D eigenvalue weighted by atomic mass is 9.96. The molecule has 11 atom stereocenters. The predicted molar refractivity (Wildman–Crippen MR) is 306 cm³/mol. The molecule has 3 rings (SSSR count). The molecule has 0 aromatic rings. The predicted octanol–water partition coefficient (Wildman–Crippen LogP) is -1.88. The fourth-order valence-corrected chi connectivity index (χ4v) is 9.65. The van der Waals surface area contributed by atoms with Crippen molar-refractivity contribution < 1.29 is 124 Å². The summed E-state index contributed by atoms with van der Waals surface area (Å²) in [6, 6.07) is -3.64. The molecule has 34 nitrogen and oxygen atoms in total. The molecule has 0 radical (unpaired) electrons. The first-order valence-corrected chi connectivity index (χ1v) is 30.0. The summed E-state index contributed by atoms with van der Waals surface area (Å²) in [5.41, 5.74) is 5.86. The minimum Gasteiger partial charge on any atom is -0.463 e. The zero-order valence-electron chi connectivity index (χ0n) is 52.7. The Morgan fingerprint density at radius 2 is 1.00 bits per heavy atom. The zero-order valence-corrected chi connectivity index (χ0v) is 52.7. The van der Waals surface area contributed by atoms with Crippen LogP contribution in [-0.2, 0) is 124 Å². The molecular formula is C57H88N8O26. The average Bonchev–Trinajstić information content (AvgIpc) is 1.34. The van der Waals surface area contributed by atoms with E-state index in [0.717, 1.165) is 41.5 Å². The van der Waals surface area contributed by atoms with Gasteiger partial charge in [0.25, 0.3) is 11.8 Å². The number of esters is 6. The molecule has 0 aromatic carbocycles. The first-order valence-electron chi connectivity index (χ1n) is 30.0. The van der Waals surface area contributed by atoms with Gasteiger partial charge in [0.1, 0.15) is 43.5 Å². The summed E-state index contributed by atoms with van der Waals surface area (Å²) in [6.45, 7) is 8.30. The van der Waals surface area contributed by atoms with E-state index in [-0.39, 0.29) is 129 Å². The van der Waals surface area contributed by atoms with Gasteiger partial charge in [-0.05, 0) is 44.9 Å². The summed E-state index contributed by atoms with van der Waals surface area (Å²) in [7, 11) is 0. The van der Waals surface area contributed by atoms with Gasteiger partial charge >= 0.3 is 41.8 Å². The summed E-state index contributed by atoms with van der Waals surface area (Å²) in [5, 5.41) is 13.8. The number of rotatable bonds is 39. The fourth-order valence-electron chi connectivity index (χ4n) is 9.65. The largest absolute Gasteiger partial charge is 0.463 e. The lowest BCUT2D eigenvalue weighted by molar-refractivity contribution is -0.277. The summed E-state index contributed by atoms with van der Waals surface area (Å²) in [4.78, 5) is 193. The zero-order chi connectivity index (χ0) is 67.7. The molecule has 512 valence electrons. The van der Waals surface area contributed by atoms with Crippen molar-refractivity contribution in [1.82, 2.24) is 36.5 Å². The number of carbonyl (C=O) groups is 15. The van der Waals surface area contributed by atoms with Gasteiger partial charge in [0, 0.05) is 140 Å². The highest BCUT2D eigenvalue weighted by Crippen LogP contribution is 2.30. The summed E-state index contributed by atoms with van der Waals surface area (Å²) < 4.78 is 56.0. The van der Waals surface area contributed by atoms with Gasteiger partial charge in [0.05, 0.1) is 0 Å². The highest BCUT2D eigenvalue weighted by Gasteiger charge is 2.53. The number of nitrogens with one attached hydrogen (secondary N) is 5. The first kappa shape index (κ1) is 77.3. The Labute approximate surface area is 525 Å². The Bertz CT molecular complexity index is 2520. The van der Waals surface area contributed by atoms with E-state index in [1.807, 2.05) is 0 Å². The third kappa shape index (κ3) is 29.3. The molecule has 8 amide bonds. The SMILES string of the molecule is CC(=O)NC1C(OCCCCC(=O)NCCN(CCN)C(=O)CC[C@H](NC(=O)CCCCOC2OC(COC(C)=O)C(OC(C)=O)C(OC(C)=O)C2NC(C)=O)C(=O)NCCCCCC(=O)ON2C(=O)CCC2=O)OC(COC(C)=O)C(OC(C)=O)C1OC(C)=O. The van der Waals surface area contributed by atoms with Crippen molar-refractivity contribution in [3.05, 3.63) is 0 Å². The monoisotopic (exact) mass is 1300 g/mol. The number of imide groups is 1. The van der Waals surface area contributed by atoms with Crippen molar-refractivity contribution in [2.75, 3.05) is 59.2 Å². The molecule has 3 saturated heterocycles. The second-order valence-electron chi connectivity index (χ2n) is 21.4. The number of hydrogen-bond donors (Lipinski definition) is 6. The standard InChI is InChI=1S/C57H88N8O26/c1-32(66)61-49-53(87-38(7)72)51(85-36(5)70)41(30-83-34(3)68)89-56(49)81-28-14-11-16-43(74)59-25-27-64(26-23-58)45(76)20-19-40(55(80)60-24-13-9-10-18-48(79)91-65-46(77)21-22-47(65)78)63-44(75)17-12-15-29-82-57-50(62-33(2)67)54(88-39(8)73)52(86-37(6)71)42(90-57)31-84-35(4)69/h40-42,49-54,56-57H,9-31,58H2,1-8H3,(H,59,74)(H,60,80)(H,61,66)(H,62,67)(H,63,75)/t40-,41?,42?,49?,50?,51?,52?,53?,54?,56?,57?/m0/s1. The van der Waals surface area contributed by atoms with Gasteiger partial charge in [-0.15, -0.1) is 5.06 Å². The highest BCUT2D eigenvalue weighted by molar-refractivity contribution is 6.01. The number of unbranched alkanes of at least 4 members (excludes halogenated alkanes) is 4. The summed E-state index contributed by atoms with van der Waals surface area (Å²) in [6.07, 6.45) is -9.16. The van der Waals surface area contributed by atoms with Crippen molar-refractivity contribution in [1.29, 1.82) is 0 Å². The molecule has 3 aliphatic rings. The van der Waals surface area contributed by atoms with Gasteiger partial charge in [-0.1, -0.05) is 6.42 Å². The molecule has 0 aromatic heterocycles. The van der Waals surface area contributed by atoms with Crippen LogP contribution in [0.4, 0.5) is 0 Å². The number of ether oxygens (including phenoxy) is 10. The van der Waals surface area contributed by atoms with Crippen LogP contribution in [0.25, 0.3) is 0 Å². The molecule has 0 saturated carbocycles. The summed E-state index contributed by atoms with van der Waals surface area (Å²) in [5.74, 6) is -9.70. The topological polar surface area (TPSA) is 450 Å². The van der Waals surface area contributed by atoms with Crippen LogP contribution in [0.5, 0.6) is 0 Å². The number of hydrogen-bond acceptors (Lipinski definition) is 27. The lowest BCUT2D eigenvalue weighted by Crippen LogP contribution is -2.66. The number of nitrogens with zero attached hydrogens (tertiary/aromatic N) is 2. The van der Waals surface area contributed by atoms with Gasteiger partial charge < -0.3 is 89.4 Å². The number of carbonyl (C=O) groups excluding carboxylic acids is 15. The number of amides is 8. The second kappa shape index (κ2) is 40.7. The van der Waals surface area contributed by atoms with Crippen LogP contribution in [0, 0.1) is 0 Å². The van der Waals surface area contributed by atoms with Gasteiger partial charge in [0.15, 0.2) is 37.0 Å². The maximum atomic E-state index is 13.7. The van der Waals surface area contributed by atoms with E-state index in [1.165, 1.54) is 18.7 Å². The van der Waals surface area contributed by atoms with Crippen LogP contribution in [0.15, 0.2) is 0 Å². The third-order valence-corrected chi connectivity index (χ3v) is 13.6. The quantitative estimate of drug-likeness (QED) is 0.0170. The van der Waals surface area contributed by atoms with Gasteiger partial charge in [-0.25, -0.2) is 4.79 Å². The van der Waals surface area contributed by atoms with Crippen LogP contribution >= 0.6 is 0 Å². The van der Waals surface area contributed by atoms with E-state index >= 15 is 0 Å². The fraction of sp³-hybridized carbons (Fsp3) is 0.737. The number of hydroxylamine groups is 2. The Morgan fingerprint density at radius 3 is 1.45 bits per heavy atom. The van der Waals surface area contributed by atoms with Crippen LogP contribution in [0.2, 0.25) is 0 Å². The Balaban J connectivity index is 1.62. The Kier molecular flexibility index (Phi) is 34.6. The van der Waals surface area contributed by atoms with Crippen LogP contribution < -0.4 is 32.3 Å². The van der Waals surface area contributed by atoms with Crippen molar-refractivity contribution in [3.8, 4) is 0 Å². The third-order valence-electron chi connectivity index (χ3n) is 13.6. The lowest BCUT2D eigenvalue weighted by Gasteiger charge is -2.44. The van der Waals surface area contributed by atoms with E-state index in [2.05, 4.69) is 26.6 Å². The average molecular weight is 1300 g/mol. The van der Waals surface area contributed by atoms with Crippen molar-refractivity contribution in [2.24, 2.45) is 5.73 Å². The van der Waals surface area contributed by atoms with Crippen LogP contribution in [0.3, 0.4) is 0 Å². The normalized spacial score (nSPS) is 22.2. The van der Waals surface area contributed by atoms with E-state index in [4.69, 9.17) is 57.9 Å². The molecule has 3 fully saturated rings. The van der Waals surface area contributed by atoms with E-state index < -0.39 is 164 Å². The van der Waals surface area contributed by atoms with Crippen molar-refractivity contribution in [3.63, 3.8) is 0 Å². The molecule has 10 unspecified atom stereocenters. The maximum Gasteiger partial charge on any atom is 0.333 e. The van der Waals surface area contributed by atoms with Crippen molar-refractivity contribution >= 4 is 89.0 Å². The first-order chi connectivity index (χ1) is 43.1. The van der Waals surface area contributed by atoms with Gasteiger partial charge in [-0.3, -0.25) is 67.1 Å². The maximum absolute atomic E-state index is 13.7. The van der Waals surface area contributed by atoms with Gasteiger partial charge in [0.2, 0.25) is 35.4 Å². The molecule has 34 heteroatoms. The minimum absolute atomic E-state index is 0.00788. The molecule has 0 spiro atoms. The molecular weight excluding hydrogens is 1210 g/mol. The second-order valence-corrected chi connectivity index (χ2v) is 21.4. The van der Waals surface area contributed by atoms with Crippen LogP contribution in [-0.4, -0.2) is 225 Å². The minimum atomic E-state index is -1.36. The molecule has 0 bridgehead atoms. The van der Waals surface area contributed by atoms with E-state index in [1.54, 1.807) is 0 Å². The summed E-state index contributed by atoms with van der Waals surface area (Å²) >= 11 is 0. The van der Waals surface area contributed by atoms with Crippen LogP contribution in [0.1, 0.15) is 145 Å².